The Balaban J connectivity index is 2.97. The van der Waals surface area contributed by atoms with Gasteiger partial charge < -0.3 is 4.90 Å². The van der Waals surface area contributed by atoms with E-state index in [9.17, 15) is 31.1 Å². The summed E-state index contributed by atoms with van der Waals surface area (Å²) in [5.74, 6) is -2.31. The molecule has 1 rings (SSSR count). The Bertz CT molecular complexity index is 674. The van der Waals surface area contributed by atoms with Crippen molar-refractivity contribution < 1.29 is 31.1 Å². The van der Waals surface area contributed by atoms with Crippen LogP contribution in [0, 0.1) is 5.92 Å². The molecule has 1 atom stereocenters. The number of aliphatic imine (C=N–C) groups is 1. The lowest BCUT2D eigenvalue weighted by molar-refractivity contribution is -0.160. The Labute approximate surface area is 166 Å². The first-order valence-electron chi connectivity index (χ1n) is 9.05. The number of hydrogen-bond donors (Lipinski definition) is 0. The number of nitrogens with zero attached hydrogens (tertiary/aromatic N) is 3. The van der Waals surface area contributed by atoms with Gasteiger partial charge in [0, 0.05) is 27.1 Å². The minimum absolute atomic E-state index is 0.100. The summed E-state index contributed by atoms with van der Waals surface area (Å²) in [6.45, 7) is 1.72. The molecule has 10 heteroatoms. The maximum Gasteiger partial charge on any atom is 0.433 e. The van der Waals surface area contributed by atoms with Crippen molar-refractivity contribution in [2.24, 2.45) is 10.9 Å². The van der Waals surface area contributed by atoms with E-state index in [4.69, 9.17) is 0 Å². The molecule has 0 aromatic rings. The fourth-order valence-corrected chi connectivity index (χ4v) is 2.54. The monoisotopic (exact) mass is 425 g/mol. The van der Waals surface area contributed by atoms with E-state index in [2.05, 4.69) is 4.99 Å². The fourth-order valence-electron chi connectivity index (χ4n) is 2.54. The Morgan fingerprint density at radius 1 is 1.28 bits per heavy atom. The van der Waals surface area contributed by atoms with Gasteiger partial charge in [0.15, 0.2) is 0 Å². The van der Waals surface area contributed by atoms with Gasteiger partial charge >= 0.3 is 12.4 Å². The van der Waals surface area contributed by atoms with Gasteiger partial charge in [-0.15, -0.1) is 0 Å². The van der Waals surface area contributed by atoms with Crippen molar-refractivity contribution in [1.29, 1.82) is 0 Å². The topological polar surface area (TPSA) is 35.9 Å². The Kier molecular flexibility index (Phi) is 8.97. The maximum absolute atomic E-state index is 13.2. The number of halogens is 6. The van der Waals surface area contributed by atoms with Crippen LogP contribution in [0.1, 0.15) is 32.6 Å². The second-order valence-corrected chi connectivity index (χ2v) is 6.86. The van der Waals surface area contributed by atoms with Crippen molar-refractivity contribution in [2.45, 2.75) is 45.0 Å². The molecule has 1 unspecified atom stereocenters. The van der Waals surface area contributed by atoms with Gasteiger partial charge in [-0.2, -0.15) is 26.3 Å². The smallest absolute Gasteiger partial charge is 0.384 e. The van der Waals surface area contributed by atoms with Crippen LogP contribution in [0.2, 0.25) is 0 Å². The number of rotatable bonds is 8. The molecule has 1 aliphatic rings. The number of alkyl halides is 6. The molecule has 0 radical (unpaired) electrons. The molecule has 164 valence electrons. The predicted octanol–water partition coefficient (Wildman–Crippen LogP) is 5.06. The van der Waals surface area contributed by atoms with E-state index in [0.29, 0.717) is 24.5 Å². The largest absolute Gasteiger partial charge is 0.433 e. The van der Waals surface area contributed by atoms with E-state index in [1.54, 1.807) is 14.1 Å². The van der Waals surface area contributed by atoms with Crippen LogP contribution in [-0.2, 0) is 4.79 Å². The standard InChI is InChI=1S/C19H25F6N3O/c1-4-5-14(6-7-15(18(20,21)22)10-11-27(2)3)12-28-13-26-16(19(23,24)25)8-9-17(28)29/h6,8,10-11,13,15H,4-5,7,9,12H2,1-3H3/b11-10-,14-6-. The third kappa shape index (κ3) is 8.74. The van der Waals surface area contributed by atoms with Crippen LogP contribution in [0.25, 0.3) is 0 Å². The summed E-state index contributed by atoms with van der Waals surface area (Å²) >= 11 is 0. The van der Waals surface area contributed by atoms with Crippen LogP contribution >= 0.6 is 0 Å². The van der Waals surface area contributed by atoms with Gasteiger partial charge in [0.1, 0.15) is 5.70 Å². The Morgan fingerprint density at radius 2 is 1.93 bits per heavy atom. The predicted molar refractivity (Wildman–Crippen MR) is 98.9 cm³/mol. The number of allylic oxidation sites excluding steroid dienone is 3. The highest BCUT2D eigenvalue weighted by Crippen LogP contribution is 2.31. The molecule has 4 nitrogen and oxygen atoms in total. The van der Waals surface area contributed by atoms with E-state index >= 15 is 0 Å². The molecule has 0 saturated carbocycles. The SMILES string of the molecule is CCC/C(=C/CC(/C=C\N(C)C)C(F)(F)F)CN1C=NC(C(F)(F)F)=CCC1=O. The minimum atomic E-state index is -4.67. The average Bonchev–Trinajstić information content (AvgIpc) is 2.75. The van der Waals surface area contributed by atoms with Gasteiger partial charge in [-0.1, -0.05) is 31.1 Å². The molecule has 29 heavy (non-hydrogen) atoms. The first-order chi connectivity index (χ1) is 13.3. The summed E-state index contributed by atoms with van der Waals surface area (Å²) in [5.41, 5.74) is -0.629. The van der Waals surface area contributed by atoms with Gasteiger partial charge in [-0.3, -0.25) is 9.69 Å². The van der Waals surface area contributed by atoms with Crippen molar-refractivity contribution in [3.8, 4) is 0 Å². The van der Waals surface area contributed by atoms with Gasteiger partial charge in [0.2, 0.25) is 5.91 Å². The summed E-state index contributed by atoms with van der Waals surface area (Å²) in [7, 11) is 3.21. The minimum Gasteiger partial charge on any atom is -0.384 e. The molecule has 0 aromatic heterocycles. The lowest BCUT2D eigenvalue weighted by atomic mass is 10.0. The number of carbonyl (C=O) groups is 1. The normalized spacial score (nSPS) is 17.6. The molecule has 0 saturated heterocycles. The third-order valence-corrected chi connectivity index (χ3v) is 4.06. The molecule has 0 aromatic carbocycles. The summed E-state index contributed by atoms with van der Waals surface area (Å²) in [5, 5.41) is 0. The van der Waals surface area contributed by atoms with Gasteiger partial charge in [0.25, 0.3) is 0 Å². The lowest BCUT2D eigenvalue weighted by Gasteiger charge is -2.20. The van der Waals surface area contributed by atoms with E-state index in [1.807, 2.05) is 6.92 Å². The highest BCUT2D eigenvalue weighted by atomic mass is 19.4. The van der Waals surface area contributed by atoms with Gasteiger partial charge in [-0.05, 0) is 25.1 Å². The third-order valence-electron chi connectivity index (χ3n) is 4.06. The number of carbonyl (C=O) groups excluding carboxylic acids is 1. The Morgan fingerprint density at radius 3 is 2.45 bits per heavy atom. The van der Waals surface area contributed by atoms with Crippen LogP contribution < -0.4 is 0 Å². The lowest BCUT2D eigenvalue weighted by Crippen LogP contribution is -2.30. The number of amides is 1. The zero-order chi connectivity index (χ0) is 22.2. The van der Waals surface area contributed by atoms with E-state index in [0.717, 1.165) is 17.3 Å². The van der Waals surface area contributed by atoms with Crippen LogP contribution in [0.4, 0.5) is 26.3 Å². The van der Waals surface area contributed by atoms with Crippen LogP contribution in [0.3, 0.4) is 0 Å². The molecule has 0 fully saturated rings. The van der Waals surface area contributed by atoms with Crippen molar-refractivity contribution in [1.82, 2.24) is 9.80 Å². The van der Waals surface area contributed by atoms with Crippen LogP contribution in [0.15, 0.2) is 40.7 Å². The molecule has 0 bridgehead atoms. The average molecular weight is 425 g/mol. The molecule has 1 heterocycles. The molecular formula is C19H25F6N3O. The second kappa shape index (κ2) is 10.5. The van der Waals surface area contributed by atoms with E-state index in [-0.39, 0.29) is 13.0 Å². The molecule has 1 aliphatic heterocycles. The van der Waals surface area contributed by atoms with E-state index < -0.39 is 36.3 Å². The first kappa shape index (κ1) is 24.8. The maximum atomic E-state index is 13.2. The van der Waals surface area contributed by atoms with Crippen LogP contribution in [-0.4, -0.2) is 55.0 Å². The summed E-state index contributed by atoms with van der Waals surface area (Å²) < 4.78 is 78.0. The van der Waals surface area contributed by atoms with Gasteiger partial charge in [-0.25, -0.2) is 4.99 Å². The summed E-state index contributed by atoms with van der Waals surface area (Å²) in [6, 6.07) is 0. The summed E-state index contributed by atoms with van der Waals surface area (Å²) in [4.78, 5) is 17.9. The van der Waals surface area contributed by atoms with Crippen molar-refractivity contribution >= 4 is 12.2 Å². The zero-order valence-corrected chi connectivity index (χ0v) is 16.5. The highest BCUT2D eigenvalue weighted by molar-refractivity contribution is 5.90. The molecule has 0 spiro atoms. The molecule has 1 amide bonds. The Hall–Kier alpha value is -2.26. The van der Waals surface area contributed by atoms with Gasteiger partial charge in [0.05, 0.1) is 12.3 Å². The van der Waals surface area contributed by atoms with Crippen molar-refractivity contribution in [2.75, 3.05) is 20.6 Å². The molecular weight excluding hydrogens is 400 g/mol. The van der Waals surface area contributed by atoms with Crippen LogP contribution in [0.5, 0.6) is 0 Å². The number of hydrogen-bond acceptors (Lipinski definition) is 3. The highest BCUT2D eigenvalue weighted by Gasteiger charge is 2.37. The second-order valence-electron chi connectivity index (χ2n) is 6.86. The molecule has 0 aliphatic carbocycles. The first-order valence-corrected chi connectivity index (χ1v) is 9.05. The fraction of sp³-hybridized carbons (Fsp3) is 0.579. The summed E-state index contributed by atoms with van der Waals surface area (Å²) in [6.07, 6.45) is -3.61. The van der Waals surface area contributed by atoms with Crippen molar-refractivity contribution in [3.05, 3.63) is 35.7 Å². The zero-order valence-electron chi connectivity index (χ0n) is 16.5. The quantitative estimate of drug-likeness (QED) is 0.402. The van der Waals surface area contributed by atoms with Crippen molar-refractivity contribution in [3.63, 3.8) is 0 Å². The molecule has 0 N–H and O–H groups in total. The van der Waals surface area contributed by atoms with E-state index in [1.165, 1.54) is 17.2 Å².